The number of aromatic nitrogens is 1. The molecule has 0 aliphatic carbocycles. The lowest BCUT2D eigenvalue weighted by Crippen LogP contribution is -1.95. The van der Waals surface area contributed by atoms with Crippen molar-refractivity contribution < 1.29 is 0 Å². The molecule has 6 aromatic rings. The van der Waals surface area contributed by atoms with Crippen LogP contribution in [0.25, 0.3) is 60.5 Å². The van der Waals surface area contributed by atoms with Crippen LogP contribution in [0.4, 0.5) is 0 Å². The minimum Gasteiger partial charge on any atom is -0.405 e. The number of para-hydroxylation sites is 1. The summed E-state index contributed by atoms with van der Waals surface area (Å²) in [6, 6.07) is 37.1. The van der Waals surface area contributed by atoms with E-state index in [1.165, 1.54) is 43.8 Å². The van der Waals surface area contributed by atoms with Crippen molar-refractivity contribution in [1.29, 1.82) is 0 Å². The molecule has 0 saturated carbocycles. The molecule has 232 valence electrons. The van der Waals surface area contributed by atoms with Gasteiger partial charge in [-0.25, -0.2) is 0 Å². The molecule has 5 aromatic carbocycles. The summed E-state index contributed by atoms with van der Waals surface area (Å²) in [6.45, 7) is 4.09. The van der Waals surface area contributed by atoms with E-state index in [1.807, 2.05) is 31.2 Å². The van der Waals surface area contributed by atoms with Gasteiger partial charge in [0.25, 0.3) is 0 Å². The Kier molecular flexibility index (Phi) is 9.21. The zero-order chi connectivity index (χ0) is 32.8. The highest BCUT2D eigenvalue weighted by Gasteiger charge is 2.16. The van der Waals surface area contributed by atoms with E-state index >= 15 is 0 Å². The molecule has 6 N–H and O–H groups in total. The molecule has 0 aliphatic rings. The average molecular weight is 613 g/mol. The number of hydrogen-bond donors (Lipinski definition) is 3. The number of benzene rings is 5. The van der Waals surface area contributed by atoms with Crippen LogP contribution in [0.5, 0.6) is 0 Å². The molecule has 1 heterocycles. The van der Waals surface area contributed by atoms with E-state index < -0.39 is 0 Å². The Hall–Kier alpha value is -6.00. The molecule has 0 saturated heterocycles. The summed E-state index contributed by atoms with van der Waals surface area (Å²) in [5.74, 6) is 0. The first-order valence-electron chi connectivity index (χ1n) is 15.9. The van der Waals surface area contributed by atoms with Crippen LogP contribution in [-0.4, -0.2) is 4.57 Å². The minimum absolute atomic E-state index is 0.727. The molecule has 0 aliphatic heterocycles. The maximum Gasteiger partial charge on any atom is 0.0619 e. The Labute approximate surface area is 276 Å². The SMILES string of the molecule is C/C=C\C(=C/N)C/C=C\C(=C/N)c1ccc2c3ccc4cc(-c5cccc(/C(C)=C/C=C\N)c5)ccc4c3n(-c3ccccc3)c2c1. The van der Waals surface area contributed by atoms with Crippen molar-refractivity contribution in [3.05, 3.63) is 175 Å². The van der Waals surface area contributed by atoms with E-state index in [9.17, 15) is 0 Å². The van der Waals surface area contributed by atoms with Crippen molar-refractivity contribution in [1.82, 2.24) is 4.57 Å². The standard InChI is InChI=1S/C43H40N4/c1-3-10-31(28-45)12-7-15-37(29-46)35-19-22-40-41-23-20-36-26-34(33-14-8-13-32(25-33)30(2)11-9-24-44)18-21-39(36)43(41)47(42(40)27-35)38-16-5-4-6-17-38/h3-11,13-29H,12,44-46H2,1-2H3/b10-3-,15-7-,24-9-,30-11+,31-28+,37-29+. The topological polar surface area (TPSA) is 83.0 Å². The molecule has 4 nitrogen and oxygen atoms in total. The molecule has 0 fully saturated rings. The number of nitrogens with two attached hydrogens (primary N) is 3. The maximum absolute atomic E-state index is 6.18. The first-order chi connectivity index (χ1) is 23.1. The molecular formula is C43H40N4. The molecule has 6 rings (SSSR count). The molecule has 4 heteroatoms. The largest absolute Gasteiger partial charge is 0.405 e. The normalized spacial score (nSPS) is 13.4. The van der Waals surface area contributed by atoms with Gasteiger partial charge in [0.1, 0.15) is 0 Å². The third kappa shape index (κ3) is 6.27. The fraction of sp³-hybridized carbons (Fsp3) is 0.0698. The van der Waals surface area contributed by atoms with Gasteiger partial charge in [-0.2, -0.15) is 0 Å². The summed E-state index contributed by atoms with van der Waals surface area (Å²) in [5.41, 5.74) is 28.7. The molecule has 0 amide bonds. The zero-order valence-electron chi connectivity index (χ0n) is 26.9. The van der Waals surface area contributed by atoms with Crippen molar-refractivity contribution in [2.75, 3.05) is 0 Å². The van der Waals surface area contributed by atoms with Gasteiger partial charge in [0.05, 0.1) is 11.0 Å². The molecule has 0 atom stereocenters. The maximum atomic E-state index is 6.18. The number of allylic oxidation sites excluding steroid dienone is 9. The molecule has 0 bridgehead atoms. The quantitative estimate of drug-likeness (QED) is 0.142. The Bertz CT molecular complexity index is 2260. The number of nitrogens with zero attached hydrogens (tertiary/aromatic N) is 1. The predicted octanol–water partition coefficient (Wildman–Crippen LogP) is 10.1. The van der Waals surface area contributed by atoms with Crippen molar-refractivity contribution >= 4 is 43.7 Å². The summed E-state index contributed by atoms with van der Waals surface area (Å²) >= 11 is 0. The third-order valence-corrected chi connectivity index (χ3v) is 8.63. The van der Waals surface area contributed by atoms with Crippen LogP contribution in [0.3, 0.4) is 0 Å². The van der Waals surface area contributed by atoms with Crippen LogP contribution in [0.2, 0.25) is 0 Å². The van der Waals surface area contributed by atoms with Gasteiger partial charge in [0.15, 0.2) is 0 Å². The number of hydrogen-bond acceptors (Lipinski definition) is 3. The Morgan fingerprint density at radius 1 is 0.702 bits per heavy atom. The van der Waals surface area contributed by atoms with Crippen LogP contribution in [0, 0.1) is 0 Å². The highest BCUT2D eigenvalue weighted by atomic mass is 15.0. The molecule has 0 spiro atoms. The summed E-state index contributed by atoms with van der Waals surface area (Å²) in [7, 11) is 0. The summed E-state index contributed by atoms with van der Waals surface area (Å²) in [5, 5.41) is 4.80. The number of rotatable bonds is 9. The molecule has 47 heavy (non-hydrogen) atoms. The average Bonchev–Trinajstić information content (AvgIpc) is 3.46. The minimum atomic E-state index is 0.727. The van der Waals surface area contributed by atoms with E-state index in [0.717, 1.165) is 39.9 Å². The lowest BCUT2D eigenvalue weighted by atomic mass is 9.96. The van der Waals surface area contributed by atoms with Crippen LogP contribution in [0.1, 0.15) is 31.4 Å². The van der Waals surface area contributed by atoms with Crippen LogP contribution in [0.15, 0.2) is 164 Å². The highest BCUT2D eigenvalue weighted by Crippen LogP contribution is 2.39. The molecule has 1 aromatic heterocycles. The van der Waals surface area contributed by atoms with Crippen LogP contribution < -0.4 is 17.2 Å². The van der Waals surface area contributed by atoms with E-state index in [2.05, 4.69) is 127 Å². The van der Waals surface area contributed by atoms with Gasteiger partial charge in [-0.1, -0.05) is 103 Å². The second-order valence-corrected chi connectivity index (χ2v) is 11.6. The third-order valence-electron chi connectivity index (χ3n) is 8.63. The monoisotopic (exact) mass is 612 g/mol. The second-order valence-electron chi connectivity index (χ2n) is 11.6. The van der Waals surface area contributed by atoms with Crippen LogP contribution in [-0.2, 0) is 0 Å². The van der Waals surface area contributed by atoms with Crippen molar-refractivity contribution in [3.8, 4) is 16.8 Å². The summed E-state index contributed by atoms with van der Waals surface area (Å²) < 4.78 is 2.38. The first-order valence-corrected chi connectivity index (χ1v) is 15.9. The van der Waals surface area contributed by atoms with E-state index in [1.54, 1.807) is 18.6 Å². The van der Waals surface area contributed by atoms with E-state index in [0.29, 0.717) is 0 Å². The van der Waals surface area contributed by atoms with Gasteiger partial charge >= 0.3 is 0 Å². The Morgan fingerprint density at radius 2 is 1.49 bits per heavy atom. The van der Waals surface area contributed by atoms with Gasteiger partial charge in [-0.3, -0.25) is 0 Å². The van der Waals surface area contributed by atoms with Gasteiger partial charge in [-0.15, -0.1) is 0 Å². The fourth-order valence-corrected chi connectivity index (χ4v) is 6.26. The van der Waals surface area contributed by atoms with E-state index in [4.69, 9.17) is 17.2 Å². The molecule has 0 unspecified atom stereocenters. The number of fused-ring (bicyclic) bond motifs is 5. The highest BCUT2D eigenvalue weighted by molar-refractivity contribution is 6.19. The predicted molar refractivity (Wildman–Crippen MR) is 204 cm³/mol. The fourth-order valence-electron chi connectivity index (χ4n) is 6.26. The Morgan fingerprint density at radius 3 is 2.26 bits per heavy atom. The van der Waals surface area contributed by atoms with Crippen LogP contribution >= 0.6 is 0 Å². The van der Waals surface area contributed by atoms with Crippen molar-refractivity contribution in [3.63, 3.8) is 0 Å². The lowest BCUT2D eigenvalue weighted by Gasteiger charge is -2.12. The van der Waals surface area contributed by atoms with Gasteiger partial charge in [0.2, 0.25) is 0 Å². The summed E-state index contributed by atoms with van der Waals surface area (Å²) in [6.07, 6.45) is 17.7. The molecule has 0 radical (unpaired) electrons. The van der Waals surface area contributed by atoms with Crippen molar-refractivity contribution in [2.45, 2.75) is 20.3 Å². The smallest absolute Gasteiger partial charge is 0.0619 e. The summed E-state index contributed by atoms with van der Waals surface area (Å²) in [4.78, 5) is 0. The van der Waals surface area contributed by atoms with Gasteiger partial charge in [0, 0.05) is 28.0 Å². The van der Waals surface area contributed by atoms with E-state index in [-0.39, 0.29) is 0 Å². The zero-order valence-corrected chi connectivity index (χ0v) is 26.9. The van der Waals surface area contributed by atoms with Crippen molar-refractivity contribution in [2.24, 2.45) is 17.2 Å². The Balaban J connectivity index is 1.50. The molecular weight excluding hydrogens is 573 g/mol. The first kappa shape index (κ1) is 31.0. The van der Waals surface area contributed by atoms with Gasteiger partial charge in [-0.05, 0) is 113 Å². The lowest BCUT2D eigenvalue weighted by molar-refractivity contribution is 1.19. The van der Waals surface area contributed by atoms with Gasteiger partial charge < -0.3 is 21.8 Å². The second kappa shape index (κ2) is 14.0.